The lowest BCUT2D eigenvalue weighted by molar-refractivity contribution is -0.137. The fraction of sp³-hybridized carbons (Fsp3) is 0.125. The Balaban J connectivity index is 2.18. The number of imidazole rings is 1. The molecule has 0 atom stereocenters. The van der Waals surface area contributed by atoms with Crippen LogP contribution in [0.15, 0.2) is 42.6 Å². The van der Waals surface area contributed by atoms with Crippen LogP contribution in [0.25, 0.3) is 21.7 Å². The zero-order chi connectivity index (χ0) is 16.6. The maximum Gasteiger partial charge on any atom is 0.416 e. The van der Waals surface area contributed by atoms with Crippen LogP contribution in [0.5, 0.6) is 5.88 Å². The molecule has 0 aliphatic heterocycles. The molecule has 2 heterocycles. The Morgan fingerprint density at radius 1 is 1.17 bits per heavy atom. The van der Waals surface area contributed by atoms with Crippen LogP contribution < -0.4 is 4.74 Å². The SMILES string of the molecule is [C-]#[N+]c1ccc(-c2nc3cc(C(F)(F)F)ccn3c2OC)cc1. The fourth-order valence-corrected chi connectivity index (χ4v) is 2.28. The highest BCUT2D eigenvalue weighted by molar-refractivity contribution is 5.71. The molecule has 23 heavy (non-hydrogen) atoms. The third-order valence-corrected chi connectivity index (χ3v) is 3.37. The molecule has 0 saturated carbocycles. The van der Waals surface area contributed by atoms with E-state index in [4.69, 9.17) is 11.3 Å². The Morgan fingerprint density at radius 3 is 2.43 bits per heavy atom. The predicted molar refractivity (Wildman–Crippen MR) is 78.4 cm³/mol. The number of halogens is 3. The molecule has 0 saturated heterocycles. The fourth-order valence-electron chi connectivity index (χ4n) is 2.28. The van der Waals surface area contributed by atoms with Crippen molar-refractivity contribution in [3.8, 4) is 17.1 Å². The second-order valence-electron chi connectivity index (χ2n) is 4.77. The van der Waals surface area contributed by atoms with Crippen LogP contribution in [-0.2, 0) is 6.18 Å². The number of nitrogens with zero attached hydrogens (tertiary/aromatic N) is 3. The average molecular weight is 317 g/mol. The highest BCUT2D eigenvalue weighted by Gasteiger charge is 2.31. The van der Waals surface area contributed by atoms with Crippen LogP contribution >= 0.6 is 0 Å². The van der Waals surface area contributed by atoms with Crippen molar-refractivity contribution in [1.82, 2.24) is 9.38 Å². The zero-order valence-electron chi connectivity index (χ0n) is 11.9. The van der Waals surface area contributed by atoms with Gasteiger partial charge in [0.15, 0.2) is 5.69 Å². The minimum atomic E-state index is -4.43. The van der Waals surface area contributed by atoms with E-state index in [1.807, 2.05) is 0 Å². The smallest absolute Gasteiger partial charge is 0.416 e. The van der Waals surface area contributed by atoms with Crippen molar-refractivity contribution in [2.45, 2.75) is 6.18 Å². The Labute approximate surface area is 129 Å². The summed E-state index contributed by atoms with van der Waals surface area (Å²) in [5.74, 6) is 0.337. The lowest BCUT2D eigenvalue weighted by atomic mass is 10.1. The lowest BCUT2D eigenvalue weighted by Crippen LogP contribution is -2.05. The molecule has 1 aromatic carbocycles. The quantitative estimate of drug-likeness (QED) is 0.648. The van der Waals surface area contributed by atoms with E-state index in [1.54, 1.807) is 24.3 Å². The van der Waals surface area contributed by atoms with Crippen LogP contribution in [0.2, 0.25) is 0 Å². The molecule has 0 radical (unpaired) electrons. The molecule has 3 rings (SSSR count). The van der Waals surface area contributed by atoms with Gasteiger partial charge in [0.2, 0.25) is 5.88 Å². The third-order valence-electron chi connectivity index (χ3n) is 3.37. The predicted octanol–water partition coefficient (Wildman–Crippen LogP) is 4.58. The molecular formula is C16H10F3N3O. The van der Waals surface area contributed by atoms with Gasteiger partial charge in [-0.1, -0.05) is 24.3 Å². The summed E-state index contributed by atoms with van der Waals surface area (Å²) < 4.78 is 45.2. The first-order chi connectivity index (χ1) is 10.9. The van der Waals surface area contributed by atoms with E-state index in [1.165, 1.54) is 17.7 Å². The monoisotopic (exact) mass is 317 g/mol. The second kappa shape index (κ2) is 5.32. The second-order valence-corrected chi connectivity index (χ2v) is 4.77. The average Bonchev–Trinajstić information content (AvgIpc) is 2.91. The molecule has 116 valence electrons. The van der Waals surface area contributed by atoms with Gasteiger partial charge in [-0.2, -0.15) is 13.2 Å². The first-order valence-electron chi connectivity index (χ1n) is 6.55. The van der Waals surface area contributed by atoms with Gasteiger partial charge in [0.1, 0.15) is 11.3 Å². The van der Waals surface area contributed by atoms with Gasteiger partial charge in [0, 0.05) is 11.8 Å². The van der Waals surface area contributed by atoms with Crippen molar-refractivity contribution >= 4 is 11.3 Å². The number of rotatable bonds is 2. The highest BCUT2D eigenvalue weighted by atomic mass is 19.4. The standard InChI is InChI=1S/C16H10F3N3O/c1-20-12-5-3-10(4-6-12)14-15(23-2)22-8-7-11(16(17,18)19)9-13(22)21-14/h3-9H,2H3. The first-order valence-corrected chi connectivity index (χ1v) is 6.55. The number of fused-ring (bicyclic) bond motifs is 1. The molecule has 0 fully saturated rings. The number of methoxy groups -OCH3 is 1. The van der Waals surface area contributed by atoms with E-state index in [0.29, 0.717) is 22.8 Å². The van der Waals surface area contributed by atoms with Gasteiger partial charge in [-0.05, 0) is 12.1 Å². The molecule has 7 heteroatoms. The summed E-state index contributed by atoms with van der Waals surface area (Å²) in [6.45, 7) is 6.94. The summed E-state index contributed by atoms with van der Waals surface area (Å²) in [6.07, 6.45) is -3.15. The van der Waals surface area contributed by atoms with Crippen molar-refractivity contribution in [3.63, 3.8) is 0 Å². The van der Waals surface area contributed by atoms with Gasteiger partial charge >= 0.3 is 6.18 Å². The largest absolute Gasteiger partial charge is 0.480 e. The van der Waals surface area contributed by atoms with Crippen LogP contribution in [0.4, 0.5) is 18.9 Å². The van der Waals surface area contributed by atoms with Gasteiger partial charge in [0.05, 0.1) is 19.2 Å². The normalized spacial score (nSPS) is 11.4. The maximum absolute atomic E-state index is 12.8. The molecule has 3 aromatic rings. The van der Waals surface area contributed by atoms with Gasteiger partial charge in [-0.3, -0.25) is 4.40 Å². The van der Waals surface area contributed by atoms with Crippen molar-refractivity contribution < 1.29 is 17.9 Å². The Bertz CT molecular complexity index is 905. The molecule has 0 spiro atoms. The van der Waals surface area contributed by atoms with E-state index in [0.717, 1.165) is 12.1 Å². The Kier molecular flexibility index (Phi) is 3.45. The Morgan fingerprint density at radius 2 is 1.87 bits per heavy atom. The van der Waals surface area contributed by atoms with Crippen LogP contribution in [-0.4, -0.2) is 16.5 Å². The van der Waals surface area contributed by atoms with E-state index in [-0.39, 0.29) is 5.65 Å². The van der Waals surface area contributed by atoms with Gasteiger partial charge < -0.3 is 4.74 Å². The molecule has 0 aliphatic carbocycles. The van der Waals surface area contributed by atoms with Crippen molar-refractivity contribution in [2.24, 2.45) is 0 Å². The Hall–Kier alpha value is -3.01. The number of benzene rings is 1. The number of aromatic nitrogens is 2. The summed E-state index contributed by atoms with van der Waals surface area (Å²) in [7, 11) is 1.43. The molecule has 0 N–H and O–H groups in total. The van der Waals surface area contributed by atoms with E-state index in [9.17, 15) is 13.2 Å². The molecule has 0 bridgehead atoms. The van der Waals surface area contributed by atoms with E-state index < -0.39 is 11.7 Å². The summed E-state index contributed by atoms with van der Waals surface area (Å²) in [4.78, 5) is 7.54. The van der Waals surface area contributed by atoms with Crippen molar-refractivity contribution in [3.05, 3.63) is 59.6 Å². The topological polar surface area (TPSA) is 30.9 Å². The van der Waals surface area contributed by atoms with Crippen molar-refractivity contribution in [1.29, 1.82) is 0 Å². The van der Waals surface area contributed by atoms with Crippen molar-refractivity contribution in [2.75, 3.05) is 7.11 Å². The number of ether oxygens (including phenoxy) is 1. The van der Waals surface area contributed by atoms with Gasteiger partial charge in [-0.25, -0.2) is 9.83 Å². The number of hydrogen-bond donors (Lipinski definition) is 0. The molecular weight excluding hydrogens is 307 g/mol. The van der Waals surface area contributed by atoms with Crippen LogP contribution in [0, 0.1) is 6.57 Å². The van der Waals surface area contributed by atoms with Crippen LogP contribution in [0.1, 0.15) is 5.56 Å². The minimum Gasteiger partial charge on any atom is -0.480 e. The third kappa shape index (κ3) is 2.59. The van der Waals surface area contributed by atoms with E-state index in [2.05, 4.69) is 9.83 Å². The zero-order valence-corrected chi connectivity index (χ0v) is 11.9. The summed E-state index contributed by atoms with van der Waals surface area (Å²) in [5.41, 5.74) is 0.916. The molecule has 0 amide bonds. The molecule has 2 aromatic heterocycles. The first kappa shape index (κ1) is 14.9. The number of pyridine rings is 1. The van der Waals surface area contributed by atoms with Crippen LogP contribution in [0.3, 0.4) is 0 Å². The highest BCUT2D eigenvalue weighted by Crippen LogP contribution is 2.34. The molecule has 0 unspecified atom stereocenters. The summed E-state index contributed by atoms with van der Waals surface area (Å²) >= 11 is 0. The lowest BCUT2D eigenvalue weighted by Gasteiger charge is -2.07. The molecule has 4 nitrogen and oxygen atoms in total. The van der Waals surface area contributed by atoms with Gasteiger partial charge in [-0.15, -0.1) is 0 Å². The summed E-state index contributed by atoms with van der Waals surface area (Å²) in [5, 5.41) is 0. The molecule has 0 aliphatic rings. The minimum absolute atomic E-state index is 0.140. The number of alkyl halides is 3. The van der Waals surface area contributed by atoms with Gasteiger partial charge in [0.25, 0.3) is 0 Å². The maximum atomic E-state index is 12.8. The van der Waals surface area contributed by atoms with E-state index >= 15 is 0 Å². The number of hydrogen-bond acceptors (Lipinski definition) is 2. The summed E-state index contributed by atoms with van der Waals surface area (Å²) in [6, 6.07) is 8.55.